The van der Waals surface area contributed by atoms with Crippen LogP contribution in [-0.2, 0) is 14.4 Å². The topological polar surface area (TPSA) is 76.2 Å². The average Bonchev–Trinajstić information content (AvgIpc) is 2.80. The van der Waals surface area contributed by atoms with E-state index in [1.165, 1.54) is 12.1 Å². The molecule has 22 heavy (non-hydrogen) atoms. The zero-order valence-corrected chi connectivity index (χ0v) is 12.2. The van der Waals surface area contributed by atoms with Gasteiger partial charge in [0.2, 0.25) is 0 Å². The number of imide groups is 1. The Morgan fingerprint density at radius 2 is 1.68 bits per heavy atom. The van der Waals surface area contributed by atoms with E-state index < -0.39 is 23.8 Å². The van der Waals surface area contributed by atoms with E-state index in [0.717, 1.165) is 0 Å². The number of benzene rings is 1. The number of hydrogen-bond donors (Lipinski definition) is 0. The zero-order valence-electron chi connectivity index (χ0n) is 12.2. The molecule has 7 heteroatoms. The van der Waals surface area contributed by atoms with Crippen molar-refractivity contribution in [2.24, 2.45) is 0 Å². The summed E-state index contributed by atoms with van der Waals surface area (Å²) in [5.74, 6) is -1.84. The molecule has 1 aromatic carbocycles. The van der Waals surface area contributed by atoms with Gasteiger partial charge in [-0.1, -0.05) is 17.2 Å². The van der Waals surface area contributed by atoms with E-state index in [9.17, 15) is 14.4 Å². The number of fused-ring (bicyclic) bond motifs is 1. The van der Waals surface area contributed by atoms with Crippen LogP contribution in [0.15, 0.2) is 24.3 Å². The van der Waals surface area contributed by atoms with E-state index in [-0.39, 0.29) is 11.1 Å². The van der Waals surface area contributed by atoms with E-state index in [4.69, 9.17) is 9.57 Å². The highest BCUT2D eigenvalue weighted by atomic mass is 16.7. The highest BCUT2D eigenvalue weighted by Crippen LogP contribution is 2.23. The van der Waals surface area contributed by atoms with E-state index in [1.54, 1.807) is 19.1 Å². The summed E-state index contributed by atoms with van der Waals surface area (Å²) < 4.78 is 5.23. The zero-order chi connectivity index (χ0) is 15.7. The first-order valence-corrected chi connectivity index (χ1v) is 7.11. The lowest BCUT2D eigenvalue weighted by molar-refractivity contribution is -0.175. The van der Waals surface area contributed by atoms with Crippen molar-refractivity contribution in [2.75, 3.05) is 26.3 Å². The predicted octanol–water partition coefficient (Wildman–Crippen LogP) is 0.462. The fraction of sp³-hybridized carbons (Fsp3) is 0.400. The number of amides is 2. The summed E-state index contributed by atoms with van der Waals surface area (Å²) in [6, 6.07) is 5.84. The van der Waals surface area contributed by atoms with Gasteiger partial charge < -0.3 is 9.57 Å². The molecule has 2 aliphatic heterocycles. The van der Waals surface area contributed by atoms with Gasteiger partial charge in [0, 0.05) is 13.1 Å². The first-order valence-electron chi connectivity index (χ1n) is 7.11. The Morgan fingerprint density at radius 1 is 1.14 bits per heavy atom. The third-order valence-corrected chi connectivity index (χ3v) is 3.87. The molecule has 3 rings (SSSR count). The van der Waals surface area contributed by atoms with Gasteiger partial charge >= 0.3 is 5.97 Å². The molecule has 0 aromatic heterocycles. The Balaban J connectivity index is 1.70. The second kappa shape index (κ2) is 5.86. The standard InChI is InChI=1S/C15H16N2O5/c1-10(16-6-8-21-9-7-16)15(20)22-17-13(18)11-4-2-3-5-12(11)14(17)19/h2-5,10H,6-9H2,1H3/t10-/m0/s1. The molecule has 0 N–H and O–H groups in total. The summed E-state index contributed by atoms with van der Waals surface area (Å²) in [6.07, 6.45) is 0. The molecule has 0 spiro atoms. The lowest BCUT2D eigenvalue weighted by Crippen LogP contribution is -2.48. The van der Waals surface area contributed by atoms with Crippen molar-refractivity contribution in [3.63, 3.8) is 0 Å². The van der Waals surface area contributed by atoms with Gasteiger partial charge in [-0.25, -0.2) is 4.79 Å². The van der Waals surface area contributed by atoms with Crippen molar-refractivity contribution in [3.05, 3.63) is 35.4 Å². The van der Waals surface area contributed by atoms with Gasteiger partial charge in [0.05, 0.1) is 24.3 Å². The van der Waals surface area contributed by atoms with Crippen LogP contribution in [0.2, 0.25) is 0 Å². The highest BCUT2D eigenvalue weighted by Gasteiger charge is 2.39. The number of hydroxylamine groups is 2. The molecule has 7 nitrogen and oxygen atoms in total. The molecule has 1 fully saturated rings. The molecule has 1 aromatic rings. The number of carbonyl (C=O) groups excluding carboxylic acids is 3. The lowest BCUT2D eigenvalue weighted by Gasteiger charge is -2.31. The average molecular weight is 304 g/mol. The van der Waals surface area contributed by atoms with Crippen LogP contribution in [0.5, 0.6) is 0 Å². The second-order valence-corrected chi connectivity index (χ2v) is 5.18. The molecular weight excluding hydrogens is 288 g/mol. The van der Waals surface area contributed by atoms with Gasteiger partial charge in [0.25, 0.3) is 11.8 Å². The second-order valence-electron chi connectivity index (χ2n) is 5.18. The quantitative estimate of drug-likeness (QED) is 0.755. The number of nitrogens with zero attached hydrogens (tertiary/aromatic N) is 2. The van der Waals surface area contributed by atoms with Crippen molar-refractivity contribution < 1.29 is 24.0 Å². The number of morpholine rings is 1. The Hall–Kier alpha value is -2.25. The SMILES string of the molecule is C[C@@H](C(=O)ON1C(=O)c2ccccc2C1=O)N1CCOCC1. The number of carbonyl (C=O) groups is 3. The predicted molar refractivity (Wildman–Crippen MR) is 74.9 cm³/mol. The molecule has 1 atom stereocenters. The maximum atomic E-state index is 12.2. The van der Waals surface area contributed by atoms with Gasteiger partial charge in [-0.2, -0.15) is 0 Å². The number of ether oxygens (including phenoxy) is 1. The van der Waals surface area contributed by atoms with Gasteiger partial charge in [0.1, 0.15) is 6.04 Å². The molecular formula is C15H16N2O5. The minimum Gasteiger partial charge on any atom is -0.379 e. The van der Waals surface area contributed by atoms with Gasteiger partial charge in [0.15, 0.2) is 0 Å². The summed E-state index contributed by atoms with van der Waals surface area (Å²) in [7, 11) is 0. The molecule has 0 saturated carbocycles. The highest BCUT2D eigenvalue weighted by molar-refractivity contribution is 6.20. The molecule has 2 aliphatic rings. The largest absolute Gasteiger partial charge is 0.379 e. The minimum atomic E-state index is -0.628. The number of rotatable bonds is 3. The van der Waals surface area contributed by atoms with Crippen molar-refractivity contribution in [1.29, 1.82) is 0 Å². The smallest absolute Gasteiger partial charge is 0.349 e. The molecule has 0 unspecified atom stereocenters. The Morgan fingerprint density at radius 3 is 2.23 bits per heavy atom. The van der Waals surface area contributed by atoms with E-state index in [1.807, 2.05) is 4.90 Å². The molecule has 0 radical (unpaired) electrons. The molecule has 2 amide bonds. The third kappa shape index (κ3) is 2.49. The van der Waals surface area contributed by atoms with Crippen LogP contribution in [0.1, 0.15) is 27.6 Å². The molecule has 1 saturated heterocycles. The normalized spacial score (nSPS) is 20.0. The summed E-state index contributed by atoms with van der Waals surface area (Å²) in [4.78, 5) is 43.4. The fourth-order valence-electron chi connectivity index (χ4n) is 2.53. The summed E-state index contributed by atoms with van der Waals surface area (Å²) >= 11 is 0. The summed E-state index contributed by atoms with van der Waals surface area (Å²) in [5, 5.41) is 0.546. The fourth-order valence-corrected chi connectivity index (χ4v) is 2.53. The van der Waals surface area contributed by atoms with Crippen molar-refractivity contribution >= 4 is 17.8 Å². The van der Waals surface area contributed by atoms with Crippen molar-refractivity contribution in [3.8, 4) is 0 Å². The van der Waals surface area contributed by atoms with Crippen LogP contribution < -0.4 is 0 Å². The first kappa shape index (κ1) is 14.7. The number of hydrogen-bond acceptors (Lipinski definition) is 6. The van der Waals surface area contributed by atoms with Crippen LogP contribution in [-0.4, -0.2) is 60.1 Å². The van der Waals surface area contributed by atoms with Gasteiger partial charge in [-0.3, -0.25) is 14.5 Å². The molecule has 2 heterocycles. The minimum absolute atomic E-state index is 0.249. The maximum Gasteiger partial charge on any atom is 0.349 e. The maximum absolute atomic E-state index is 12.2. The third-order valence-electron chi connectivity index (χ3n) is 3.87. The van der Waals surface area contributed by atoms with Gasteiger partial charge in [-0.15, -0.1) is 0 Å². The van der Waals surface area contributed by atoms with E-state index in [0.29, 0.717) is 31.4 Å². The Labute approximate surface area is 127 Å². The molecule has 0 aliphatic carbocycles. The Bertz CT molecular complexity index is 589. The lowest BCUT2D eigenvalue weighted by atomic mass is 10.1. The first-order chi connectivity index (χ1) is 10.6. The van der Waals surface area contributed by atoms with Crippen LogP contribution in [0.25, 0.3) is 0 Å². The summed E-state index contributed by atoms with van der Waals surface area (Å²) in [6.45, 7) is 4.00. The van der Waals surface area contributed by atoms with E-state index in [2.05, 4.69) is 0 Å². The van der Waals surface area contributed by atoms with E-state index >= 15 is 0 Å². The van der Waals surface area contributed by atoms with Crippen LogP contribution in [0, 0.1) is 0 Å². The Kier molecular flexibility index (Phi) is 3.91. The van der Waals surface area contributed by atoms with Crippen LogP contribution in [0.4, 0.5) is 0 Å². The van der Waals surface area contributed by atoms with Crippen LogP contribution >= 0.6 is 0 Å². The van der Waals surface area contributed by atoms with Crippen molar-refractivity contribution in [1.82, 2.24) is 9.96 Å². The van der Waals surface area contributed by atoms with Crippen molar-refractivity contribution in [2.45, 2.75) is 13.0 Å². The summed E-state index contributed by atoms with van der Waals surface area (Å²) in [5.41, 5.74) is 0.499. The van der Waals surface area contributed by atoms with Gasteiger partial charge in [-0.05, 0) is 19.1 Å². The molecule has 116 valence electrons. The monoisotopic (exact) mass is 304 g/mol. The van der Waals surface area contributed by atoms with Crippen LogP contribution in [0.3, 0.4) is 0 Å². The molecule has 0 bridgehead atoms.